The van der Waals surface area contributed by atoms with Crippen molar-refractivity contribution in [2.45, 2.75) is 0 Å². The monoisotopic (exact) mass is 396 g/mol. The molecule has 0 fully saturated rings. The number of carbonyl (C=O) groups is 1. The fraction of sp³-hybridized carbons (Fsp3) is 0. The fourth-order valence-corrected chi connectivity index (χ4v) is 3.20. The van der Waals surface area contributed by atoms with E-state index < -0.39 is 5.63 Å². The average Bonchev–Trinajstić information content (AvgIpc) is 2.77. The van der Waals surface area contributed by atoms with E-state index in [1.807, 2.05) is 42.5 Å². The Balaban J connectivity index is 1.65. The maximum atomic E-state index is 13.0. The van der Waals surface area contributed by atoms with Crippen molar-refractivity contribution in [3.8, 4) is 11.1 Å². The molecule has 1 aromatic heterocycles. The highest BCUT2D eigenvalue weighted by Gasteiger charge is 2.10. The predicted octanol–water partition coefficient (Wildman–Crippen LogP) is 5.89. The molecule has 0 unspecified atom stereocenters. The molecule has 0 spiro atoms. The van der Waals surface area contributed by atoms with Gasteiger partial charge in [0.2, 0.25) is 0 Å². The van der Waals surface area contributed by atoms with Crippen LogP contribution in [0.3, 0.4) is 0 Å². The summed E-state index contributed by atoms with van der Waals surface area (Å²) in [4.78, 5) is 24.3. The van der Waals surface area contributed by atoms with Gasteiger partial charge >= 0.3 is 5.63 Å². The van der Waals surface area contributed by atoms with Crippen molar-refractivity contribution in [3.63, 3.8) is 0 Å². The van der Waals surface area contributed by atoms with E-state index in [1.165, 1.54) is 30.4 Å². The molecule has 4 heteroatoms. The smallest absolute Gasteiger partial charge is 0.336 e. The second-order valence-electron chi connectivity index (χ2n) is 6.68. The van der Waals surface area contributed by atoms with Crippen LogP contribution in [0.25, 0.3) is 34.2 Å². The van der Waals surface area contributed by atoms with E-state index >= 15 is 0 Å². The summed E-state index contributed by atoms with van der Waals surface area (Å²) >= 11 is 0. The summed E-state index contributed by atoms with van der Waals surface area (Å²) in [6.07, 6.45) is 6.25. The summed E-state index contributed by atoms with van der Waals surface area (Å²) in [6, 6.07) is 22.2. The maximum absolute atomic E-state index is 13.0. The van der Waals surface area contributed by atoms with Crippen LogP contribution in [0.2, 0.25) is 0 Å². The normalized spacial score (nSPS) is 11.5. The Morgan fingerprint density at radius 1 is 0.800 bits per heavy atom. The van der Waals surface area contributed by atoms with E-state index in [2.05, 4.69) is 0 Å². The van der Waals surface area contributed by atoms with E-state index in [1.54, 1.807) is 30.4 Å². The van der Waals surface area contributed by atoms with Gasteiger partial charge in [0.05, 0.1) is 0 Å². The van der Waals surface area contributed by atoms with Crippen LogP contribution in [-0.4, -0.2) is 5.78 Å². The summed E-state index contributed by atoms with van der Waals surface area (Å²) in [7, 11) is 0. The molecule has 0 bridgehead atoms. The molecule has 0 aliphatic rings. The van der Waals surface area contributed by atoms with Gasteiger partial charge in [-0.2, -0.15) is 0 Å². The summed E-state index contributed by atoms with van der Waals surface area (Å²) in [5.74, 6) is -0.524. The van der Waals surface area contributed by atoms with Gasteiger partial charge in [-0.25, -0.2) is 9.18 Å². The second kappa shape index (κ2) is 8.53. The number of rotatable bonds is 5. The zero-order valence-corrected chi connectivity index (χ0v) is 15.9. The molecule has 4 rings (SSSR count). The van der Waals surface area contributed by atoms with Gasteiger partial charge in [-0.1, -0.05) is 66.7 Å². The number of hydrogen-bond acceptors (Lipinski definition) is 3. The third-order valence-electron chi connectivity index (χ3n) is 4.64. The molecule has 0 atom stereocenters. The maximum Gasteiger partial charge on any atom is 0.336 e. The molecule has 0 saturated carbocycles. The minimum Gasteiger partial charge on any atom is -0.423 e. The molecule has 1 heterocycles. The largest absolute Gasteiger partial charge is 0.423 e. The first-order chi connectivity index (χ1) is 14.6. The number of para-hydroxylation sites is 1. The van der Waals surface area contributed by atoms with Gasteiger partial charge in [-0.15, -0.1) is 0 Å². The van der Waals surface area contributed by atoms with E-state index in [0.29, 0.717) is 5.58 Å². The molecular weight excluding hydrogens is 379 g/mol. The molecule has 0 aliphatic carbocycles. The van der Waals surface area contributed by atoms with E-state index in [0.717, 1.165) is 27.6 Å². The zero-order chi connectivity index (χ0) is 20.9. The summed E-state index contributed by atoms with van der Waals surface area (Å²) in [5.41, 5.74) is 3.19. The van der Waals surface area contributed by atoms with E-state index in [-0.39, 0.29) is 11.6 Å². The molecule has 0 radical (unpaired) electrons. The Hall–Kier alpha value is -4.05. The highest BCUT2D eigenvalue weighted by Crippen LogP contribution is 2.30. The van der Waals surface area contributed by atoms with E-state index in [9.17, 15) is 14.0 Å². The quantitative estimate of drug-likeness (QED) is 0.312. The van der Waals surface area contributed by atoms with Crippen LogP contribution in [0, 0.1) is 5.82 Å². The van der Waals surface area contributed by atoms with Crippen LogP contribution < -0.4 is 5.63 Å². The van der Waals surface area contributed by atoms with Crippen LogP contribution in [0.1, 0.15) is 11.1 Å². The van der Waals surface area contributed by atoms with Gasteiger partial charge < -0.3 is 4.42 Å². The van der Waals surface area contributed by atoms with Crippen molar-refractivity contribution >= 4 is 28.9 Å². The Bertz CT molecular complexity index is 1330. The van der Waals surface area contributed by atoms with Gasteiger partial charge in [0, 0.05) is 17.0 Å². The summed E-state index contributed by atoms with van der Waals surface area (Å²) in [6.45, 7) is 0. The molecule has 30 heavy (non-hydrogen) atoms. The minimum atomic E-state index is -0.430. The lowest BCUT2D eigenvalue weighted by atomic mass is 9.96. The Morgan fingerprint density at radius 3 is 2.33 bits per heavy atom. The lowest BCUT2D eigenvalue weighted by molar-refractivity contribution is -0.110. The summed E-state index contributed by atoms with van der Waals surface area (Å²) < 4.78 is 18.2. The number of hydrogen-bond donors (Lipinski definition) is 0. The number of fused-ring (bicyclic) bond motifs is 1. The zero-order valence-electron chi connectivity index (χ0n) is 15.9. The number of halogens is 1. The number of ketones is 1. The Labute approximate surface area is 172 Å². The molecule has 0 saturated heterocycles. The lowest BCUT2D eigenvalue weighted by Crippen LogP contribution is -1.98. The molecule has 4 aromatic rings. The molecule has 146 valence electrons. The molecular formula is C26H17FO3. The minimum absolute atomic E-state index is 0.202. The fourth-order valence-electron chi connectivity index (χ4n) is 3.20. The van der Waals surface area contributed by atoms with Crippen molar-refractivity contribution in [2.75, 3.05) is 0 Å². The third-order valence-corrected chi connectivity index (χ3v) is 4.64. The van der Waals surface area contributed by atoms with Gasteiger partial charge in [-0.05, 0) is 47.0 Å². The van der Waals surface area contributed by atoms with Crippen molar-refractivity contribution < 1.29 is 13.6 Å². The third kappa shape index (κ3) is 4.33. The molecule has 0 aliphatic heterocycles. The topological polar surface area (TPSA) is 47.3 Å². The lowest BCUT2D eigenvalue weighted by Gasteiger charge is -2.08. The highest BCUT2D eigenvalue weighted by atomic mass is 19.1. The van der Waals surface area contributed by atoms with Crippen LogP contribution in [0.4, 0.5) is 4.39 Å². The molecule has 0 N–H and O–H groups in total. The first-order valence-corrected chi connectivity index (χ1v) is 9.38. The molecule has 3 aromatic carbocycles. The highest BCUT2D eigenvalue weighted by molar-refractivity contribution is 6.05. The van der Waals surface area contributed by atoms with Gasteiger partial charge in [0.25, 0.3) is 0 Å². The van der Waals surface area contributed by atoms with Gasteiger partial charge in [-0.3, -0.25) is 4.79 Å². The Morgan fingerprint density at radius 2 is 1.50 bits per heavy atom. The van der Waals surface area contributed by atoms with Crippen molar-refractivity contribution in [1.82, 2.24) is 0 Å². The van der Waals surface area contributed by atoms with Crippen molar-refractivity contribution in [1.29, 1.82) is 0 Å². The second-order valence-corrected chi connectivity index (χ2v) is 6.68. The van der Waals surface area contributed by atoms with Gasteiger partial charge in [0.1, 0.15) is 11.4 Å². The first-order valence-electron chi connectivity index (χ1n) is 9.38. The van der Waals surface area contributed by atoms with E-state index in [4.69, 9.17) is 4.42 Å². The predicted molar refractivity (Wildman–Crippen MR) is 117 cm³/mol. The SMILES string of the molecule is O=C(C=Cc1ccc(F)cc1)C=Cc1ccccc1-c1cc(=O)oc2ccccc12. The van der Waals surface area contributed by atoms with Crippen molar-refractivity contribution in [2.24, 2.45) is 0 Å². The average molecular weight is 396 g/mol. The number of allylic oxidation sites excluding steroid dienone is 2. The van der Waals surface area contributed by atoms with Crippen LogP contribution in [0.5, 0.6) is 0 Å². The van der Waals surface area contributed by atoms with Crippen LogP contribution in [-0.2, 0) is 4.79 Å². The molecule has 0 amide bonds. The van der Waals surface area contributed by atoms with Crippen molar-refractivity contribution in [3.05, 3.63) is 118 Å². The first kappa shape index (κ1) is 19.3. The number of benzene rings is 3. The van der Waals surface area contributed by atoms with Crippen LogP contribution in [0.15, 0.2) is 100 Å². The Kier molecular flexibility index (Phi) is 5.48. The van der Waals surface area contributed by atoms with Crippen LogP contribution >= 0.6 is 0 Å². The van der Waals surface area contributed by atoms with Gasteiger partial charge in [0.15, 0.2) is 5.78 Å². The molecule has 3 nitrogen and oxygen atoms in total. The number of carbonyl (C=O) groups excluding carboxylic acids is 1. The standard InChI is InChI=1S/C26H17FO3/c27-20-13-9-18(10-14-20)11-15-21(28)16-12-19-5-1-2-6-22(19)24-17-26(29)30-25-8-4-3-7-23(24)25/h1-17H. The summed E-state index contributed by atoms with van der Waals surface area (Å²) in [5, 5.41) is 0.820.